The Morgan fingerprint density at radius 1 is 1.10 bits per heavy atom. The average Bonchev–Trinajstić information content (AvgIpc) is 2.86. The van der Waals surface area contributed by atoms with Crippen molar-refractivity contribution in [2.24, 2.45) is 5.73 Å². The standard InChI is InChI=1S/C16H20ClNO2S/c1-3-19-14-7-5-11(9-15(14)20-4-2)13(18)10-12-6-8-16(17)21-12/h5-9,13H,3-4,10,18H2,1-2H3. The van der Waals surface area contributed by atoms with Crippen LogP contribution in [0.15, 0.2) is 30.3 Å². The van der Waals surface area contributed by atoms with Gasteiger partial charge in [0.15, 0.2) is 11.5 Å². The maximum Gasteiger partial charge on any atom is 0.161 e. The van der Waals surface area contributed by atoms with Crippen LogP contribution in [0.1, 0.15) is 30.3 Å². The van der Waals surface area contributed by atoms with Crippen molar-refractivity contribution in [2.75, 3.05) is 13.2 Å². The minimum atomic E-state index is -0.0883. The Kier molecular flexibility index (Phi) is 5.91. The summed E-state index contributed by atoms with van der Waals surface area (Å²) in [7, 11) is 0. The van der Waals surface area contributed by atoms with E-state index in [1.54, 1.807) is 11.3 Å². The van der Waals surface area contributed by atoms with Crippen molar-refractivity contribution in [1.29, 1.82) is 0 Å². The van der Waals surface area contributed by atoms with Crippen LogP contribution in [0.4, 0.5) is 0 Å². The van der Waals surface area contributed by atoms with E-state index in [2.05, 4.69) is 0 Å². The molecule has 1 heterocycles. The third-order valence-corrected chi connectivity index (χ3v) is 4.30. The Hall–Kier alpha value is -1.23. The number of nitrogens with two attached hydrogens (primary N) is 1. The summed E-state index contributed by atoms with van der Waals surface area (Å²) in [6.45, 7) is 5.12. The van der Waals surface area contributed by atoms with Gasteiger partial charge in [-0.15, -0.1) is 11.3 Å². The van der Waals surface area contributed by atoms with Crippen LogP contribution < -0.4 is 15.2 Å². The number of ether oxygens (including phenoxy) is 2. The van der Waals surface area contributed by atoms with Crippen molar-refractivity contribution in [1.82, 2.24) is 0 Å². The SMILES string of the molecule is CCOc1ccc(C(N)Cc2ccc(Cl)s2)cc1OCC. The number of halogens is 1. The van der Waals surface area contributed by atoms with Crippen LogP contribution in [0.25, 0.3) is 0 Å². The smallest absolute Gasteiger partial charge is 0.161 e. The highest BCUT2D eigenvalue weighted by atomic mass is 35.5. The second-order valence-electron chi connectivity index (χ2n) is 4.59. The predicted octanol–water partition coefficient (Wildman–Crippen LogP) is 4.44. The van der Waals surface area contributed by atoms with Gasteiger partial charge in [-0.2, -0.15) is 0 Å². The number of thiophene rings is 1. The molecule has 0 aliphatic carbocycles. The van der Waals surface area contributed by atoms with Crippen LogP contribution in [-0.2, 0) is 6.42 Å². The summed E-state index contributed by atoms with van der Waals surface area (Å²) in [5, 5.41) is 0. The number of rotatable bonds is 7. The lowest BCUT2D eigenvalue weighted by Gasteiger charge is -2.16. The van der Waals surface area contributed by atoms with Crippen LogP contribution >= 0.6 is 22.9 Å². The molecule has 0 saturated carbocycles. The van der Waals surface area contributed by atoms with E-state index in [9.17, 15) is 0 Å². The van der Waals surface area contributed by atoms with Crippen molar-refractivity contribution >= 4 is 22.9 Å². The van der Waals surface area contributed by atoms with Crippen molar-refractivity contribution in [2.45, 2.75) is 26.3 Å². The van der Waals surface area contributed by atoms with E-state index in [1.807, 2.05) is 44.2 Å². The highest BCUT2D eigenvalue weighted by Crippen LogP contribution is 2.32. The molecule has 21 heavy (non-hydrogen) atoms. The summed E-state index contributed by atoms with van der Waals surface area (Å²) < 4.78 is 12.0. The Morgan fingerprint density at radius 3 is 2.43 bits per heavy atom. The lowest BCUT2D eigenvalue weighted by atomic mass is 10.0. The molecule has 1 atom stereocenters. The molecule has 0 aliphatic rings. The maximum absolute atomic E-state index is 6.29. The Morgan fingerprint density at radius 2 is 1.81 bits per heavy atom. The molecule has 0 spiro atoms. The second kappa shape index (κ2) is 7.69. The molecular formula is C16H20ClNO2S. The second-order valence-corrected chi connectivity index (χ2v) is 6.39. The number of hydrogen-bond acceptors (Lipinski definition) is 4. The first-order chi connectivity index (χ1) is 10.1. The van der Waals surface area contributed by atoms with E-state index in [4.69, 9.17) is 26.8 Å². The van der Waals surface area contributed by atoms with Gasteiger partial charge in [-0.3, -0.25) is 0 Å². The fraction of sp³-hybridized carbons (Fsp3) is 0.375. The lowest BCUT2D eigenvalue weighted by Crippen LogP contribution is -2.13. The molecule has 5 heteroatoms. The van der Waals surface area contributed by atoms with Crippen LogP contribution in [0, 0.1) is 0 Å². The lowest BCUT2D eigenvalue weighted by molar-refractivity contribution is 0.287. The van der Waals surface area contributed by atoms with Gasteiger partial charge in [-0.1, -0.05) is 17.7 Å². The van der Waals surface area contributed by atoms with E-state index in [0.29, 0.717) is 13.2 Å². The summed E-state index contributed by atoms with van der Waals surface area (Å²) >= 11 is 7.52. The van der Waals surface area contributed by atoms with Gasteiger partial charge < -0.3 is 15.2 Å². The molecule has 1 unspecified atom stereocenters. The van der Waals surface area contributed by atoms with Gasteiger partial charge in [-0.05, 0) is 43.7 Å². The quantitative estimate of drug-likeness (QED) is 0.818. The summed E-state index contributed by atoms with van der Waals surface area (Å²) in [5.74, 6) is 1.51. The van der Waals surface area contributed by atoms with Gasteiger partial charge in [-0.25, -0.2) is 0 Å². The number of benzene rings is 1. The first kappa shape index (κ1) is 16.1. The van der Waals surface area contributed by atoms with E-state index in [-0.39, 0.29) is 6.04 Å². The molecule has 0 saturated heterocycles. The Labute approximate surface area is 134 Å². The molecule has 0 fully saturated rings. The number of hydrogen-bond donors (Lipinski definition) is 1. The van der Waals surface area contributed by atoms with Crippen LogP contribution in [-0.4, -0.2) is 13.2 Å². The van der Waals surface area contributed by atoms with Gasteiger partial charge in [0.05, 0.1) is 17.6 Å². The molecule has 114 valence electrons. The minimum absolute atomic E-state index is 0.0883. The summed E-state index contributed by atoms with van der Waals surface area (Å²) in [4.78, 5) is 1.18. The molecule has 3 nitrogen and oxygen atoms in total. The fourth-order valence-corrected chi connectivity index (χ4v) is 3.24. The topological polar surface area (TPSA) is 44.5 Å². The van der Waals surface area contributed by atoms with Crippen molar-refractivity contribution < 1.29 is 9.47 Å². The van der Waals surface area contributed by atoms with Gasteiger partial charge in [0.1, 0.15) is 0 Å². The van der Waals surface area contributed by atoms with E-state index < -0.39 is 0 Å². The monoisotopic (exact) mass is 325 g/mol. The third-order valence-electron chi connectivity index (χ3n) is 3.05. The van der Waals surface area contributed by atoms with Crippen molar-refractivity contribution in [3.05, 3.63) is 45.1 Å². The molecule has 2 N–H and O–H groups in total. The normalized spacial score (nSPS) is 12.2. The van der Waals surface area contributed by atoms with Crippen molar-refractivity contribution in [3.8, 4) is 11.5 Å². The minimum Gasteiger partial charge on any atom is -0.490 e. The van der Waals surface area contributed by atoms with Crippen LogP contribution in [0.3, 0.4) is 0 Å². The molecule has 0 radical (unpaired) electrons. The predicted molar refractivity (Wildman–Crippen MR) is 88.7 cm³/mol. The molecule has 1 aromatic heterocycles. The highest BCUT2D eigenvalue weighted by Gasteiger charge is 2.13. The van der Waals surface area contributed by atoms with Gasteiger partial charge in [0.2, 0.25) is 0 Å². The Bertz CT molecular complexity index is 585. The summed E-state index contributed by atoms with van der Waals surface area (Å²) in [6, 6.07) is 9.71. The average molecular weight is 326 g/mol. The fourth-order valence-electron chi connectivity index (χ4n) is 2.09. The molecular weight excluding hydrogens is 306 g/mol. The van der Waals surface area contributed by atoms with Gasteiger partial charge >= 0.3 is 0 Å². The highest BCUT2D eigenvalue weighted by molar-refractivity contribution is 7.16. The van der Waals surface area contributed by atoms with E-state index in [0.717, 1.165) is 27.8 Å². The first-order valence-electron chi connectivity index (χ1n) is 7.03. The third kappa shape index (κ3) is 4.37. The Balaban J connectivity index is 2.16. The van der Waals surface area contributed by atoms with Crippen LogP contribution in [0.2, 0.25) is 4.34 Å². The van der Waals surface area contributed by atoms with E-state index >= 15 is 0 Å². The molecule has 1 aromatic carbocycles. The van der Waals surface area contributed by atoms with Gasteiger partial charge in [0, 0.05) is 17.3 Å². The van der Waals surface area contributed by atoms with Crippen LogP contribution in [0.5, 0.6) is 11.5 Å². The zero-order valence-electron chi connectivity index (χ0n) is 12.3. The molecule has 0 amide bonds. The molecule has 2 aromatic rings. The van der Waals surface area contributed by atoms with Gasteiger partial charge in [0.25, 0.3) is 0 Å². The summed E-state index contributed by atoms with van der Waals surface area (Å²) in [5.41, 5.74) is 7.33. The zero-order valence-corrected chi connectivity index (χ0v) is 13.8. The molecule has 0 bridgehead atoms. The maximum atomic E-state index is 6.29. The zero-order chi connectivity index (χ0) is 15.2. The van der Waals surface area contributed by atoms with E-state index in [1.165, 1.54) is 4.88 Å². The largest absolute Gasteiger partial charge is 0.490 e. The van der Waals surface area contributed by atoms with Crippen molar-refractivity contribution in [3.63, 3.8) is 0 Å². The summed E-state index contributed by atoms with van der Waals surface area (Å²) in [6.07, 6.45) is 0.761. The first-order valence-corrected chi connectivity index (χ1v) is 8.22. The molecule has 0 aliphatic heterocycles. The molecule has 2 rings (SSSR count).